The van der Waals surface area contributed by atoms with Gasteiger partial charge in [0.1, 0.15) is 11.5 Å². The van der Waals surface area contributed by atoms with E-state index in [0.29, 0.717) is 25.9 Å². The van der Waals surface area contributed by atoms with Crippen molar-refractivity contribution in [3.63, 3.8) is 0 Å². The molecule has 0 atom stereocenters. The molecule has 0 aromatic heterocycles. The standard InChI is InChI=1S/C25H25NO3/c1-2-25(20-11-5-7-13-22(20)27,21-12-6-8-14-23(21)28)15-16-26-17-18-9-3-4-10-19(18)24(26)29/h3-14,27-28H,2,15-17H2,1H3. The molecule has 0 radical (unpaired) electrons. The fourth-order valence-electron chi connectivity index (χ4n) is 4.55. The number of amides is 1. The van der Waals surface area contributed by atoms with Gasteiger partial charge in [0.25, 0.3) is 5.91 Å². The summed E-state index contributed by atoms with van der Waals surface area (Å²) in [6, 6.07) is 22.3. The summed E-state index contributed by atoms with van der Waals surface area (Å²) < 4.78 is 0. The van der Waals surface area contributed by atoms with Crippen LogP contribution in [-0.2, 0) is 12.0 Å². The fraction of sp³-hybridized carbons (Fsp3) is 0.240. The van der Waals surface area contributed by atoms with E-state index in [1.807, 2.05) is 53.4 Å². The number of carbonyl (C=O) groups is 1. The fourth-order valence-corrected chi connectivity index (χ4v) is 4.55. The number of aromatic hydroxyl groups is 2. The quantitative estimate of drug-likeness (QED) is 0.636. The molecular formula is C25H25NO3. The highest BCUT2D eigenvalue weighted by Crippen LogP contribution is 2.46. The van der Waals surface area contributed by atoms with Crippen molar-refractivity contribution in [2.45, 2.75) is 31.7 Å². The monoisotopic (exact) mass is 387 g/mol. The average Bonchev–Trinajstić information content (AvgIpc) is 3.07. The number of hydrogen-bond acceptors (Lipinski definition) is 3. The molecule has 0 fully saturated rings. The van der Waals surface area contributed by atoms with Gasteiger partial charge in [0.2, 0.25) is 0 Å². The summed E-state index contributed by atoms with van der Waals surface area (Å²) in [5.74, 6) is 0.447. The van der Waals surface area contributed by atoms with Gasteiger partial charge in [0.15, 0.2) is 0 Å². The molecule has 3 aromatic carbocycles. The molecule has 1 heterocycles. The zero-order chi connectivity index (χ0) is 20.4. The van der Waals surface area contributed by atoms with Crippen LogP contribution in [0.3, 0.4) is 0 Å². The van der Waals surface area contributed by atoms with Crippen molar-refractivity contribution < 1.29 is 15.0 Å². The number of para-hydroxylation sites is 2. The highest BCUT2D eigenvalue weighted by Gasteiger charge is 2.38. The van der Waals surface area contributed by atoms with Gasteiger partial charge in [-0.2, -0.15) is 0 Å². The maximum absolute atomic E-state index is 12.8. The molecule has 1 aliphatic heterocycles. The number of hydrogen-bond donors (Lipinski definition) is 2. The lowest BCUT2D eigenvalue weighted by Gasteiger charge is -2.36. The van der Waals surface area contributed by atoms with Crippen LogP contribution in [0, 0.1) is 0 Å². The Balaban J connectivity index is 1.72. The highest BCUT2D eigenvalue weighted by atomic mass is 16.3. The lowest BCUT2D eigenvalue weighted by molar-refractivity contribution is 0.0767. The molecular weight excluding hydrogens is 362 g/mol. The minimum Gasteiger partial charge on any atom is -0.508 e. The Morgan fingerprint density at radius 1 is 0.862 bits per heavy atom. The molecule has 0 saturated carbocycles. The maximum atomic E-state index is 12.8. The van der Waals surface area contributed by atoms with Gasteiger partial charge in [-0.1, -0.05) is 61.5 Å². The molecule has 148 valence electrons. The first-order chi connectivity index (χ1) is 14.1. The molecule has 4 nitrogen and oxygen atoms in total. The van der Waals surface area contributed by atoms with Crippen molar-refractivity contribution in [3.05, 3.63) is 95.1 Å². The van der Waals surface area contributed by atoms with E-state index in [-0.39, 0.29) is 17.4 Å². The van der Waals surface area contributed by atoms with Crippen LogP contribution < -0.4 is 0 Å². The molecule has 1 amide bonds. The lowest BCUT2D eigenvalue weighted by Crippen LogP contribution is -2.34. The highest BCUT2D eigenvalue weighted by molar-refractivity contribution is 5.98. The molecule has 0 bridgehead atoms. The van der Waals surface area contributed by atoms with Crippen LogP contribution in [0.2, 0.25) is 0 Å². The number of fused-ring (bicyclic) bond motifs is 1. The van der Waals surface area contributed by atoms with E-state index in [0.717, 1.165) is 22.3 Å². The molecule has 0 aliphatic carbocycles. The first-order valence-electron chi connectivity index (χ1n) is 10.0. The third kappa shape index (κ3) is 3.25. The molecule has 29 heavy (non-hydrogen) atoms. The van der Waals surface area contributed by atoms with Gasteiger partial charge in [-0.3, -0.25) is 4.79 Å². The number of rotatable bonds is 6. The van der Waals surface area contributed by atoms with E-state index in [9.17, 15) is 15.0 Å². The summed E-state index contributed by atoms with van der Waals surface area (Å²) in [5, 5.41) is 21.3. The maximum Gasteiger partial charge on any atom is 0.254 e. The largest absolute Gasteiger partial charge is 0.508 e. The molecule has 2 N–H and O–H groups in total. The predicted octanol–water partition coefficient (Wildman–Crippen LogP) is 4.84. The van der Waals surface area contributed by atoms with Crippen LogP contribution in [-0.4, -0.2) is 27.6 Å². The van der Waals surface area contributed by atoms with E-state index in [4.69, 9.17) is 0 Å². The van der Waals surface area contributed by atoms with Crippen LogP contribution in [0.5, 0.6) is 11.5 Å². The van der Waals surface area contributed by atoms with Crippen LogP contribution in [0.1, 0.15) is 46.8 Å². The second-order valence-electron chi connectivity index (χ2n) is 7.60. The van der Waals surface area contributed by atoms with Crippen molar-refractivity contribution in [2.75, 3.05) is 6.54 Å². The smallest absolute Gasteiger partial charge is 0.254 e. The summed E-state index contributed by atoms with van der Waals surface area (Å²) in [5.41, 5.74) is 2.75. The van der Waals surface area contributed by atoms with Gasteiger partial charge < -0.3 is 15.1 Å². The summed E-state index contributed by atoms with van der Waals surface area (Å²) in [6.07, 6.45) is 1.27. The van der Waals surface area contributed by atoms with Crippen molar-refractivity contribution in [1.82, 2.24) is 4.90 Å². The van der Waals surface area contributed by atoms with Gasteiger partial charge in [0.05, 0.1) is 0 Å². The van der Waals surface area contributed by atoms with Gasteiger partial charge in [0, 0.05) is 35.2 Å². The summed E-state index contributed by atoms with van der Waals surface area (Å²) in [6.45, 7) is 3.18. The van der Waals surface area contributed by atoms with Crippen molar-refractivity contribution in [1.29, 1.82) is 0 Å². The minimum absolute atomic E-state index is 0.0418. The van der Waals surface area contributed by atoms with Crippen molar-refractivity contribution in [3.8, 4) is 11.5 Å². The zero-order valence-corrected chi connectivity index (χ0v) is 16.5. The van der Waals surface area contributed by atoms with E-state index in [1.165, 1.54) is 0 Å². The molecule has 3 aromatic rings. The SMILES string of the molecule is CCC(CCN1Cc2ccccc2C1=O)(c1ccccc1O)c1ccccc1O. The number of nitrogens with zero attached hydrogens (tertiary/aromatic N) is 1. The third-order valence-electron chi connectivity index (χ3n) is 6.15. The summed E-state index contributed by atoms with van der Waals surface area (Å²) in [4.78, 5) is 14.7. The Labute approximate surface area is 171 Å². The number of benzene rings is 3. The van der Waals surface area contributed by atoms with E-state index < -0.39 is 5.41 Å². The Morgan fingerprint density at radius 2 is 1.41 bits per heavy atom. The molecule has 4 rings (SSSR count). The molecule has 0 saturated heterocycles. The van der Waals surface area contributed by atoms with E-state index >= 15 is 0 Å². The summed E-state index contributed by atoms with van der Waals surface area (Å²) in [7, 11) is 0. The molecule has 0 spiro atoms. The minimum atomic E-state index is -0.605. The topological polar surface area (TPSA) is 60.8 Å². The van der Waals surface area contributed by atoms with Gasteiger partial charge in [-0.15, -0.1) is 0 Å². The first-order valence-corrected chi connectivity index (χ1v) is 10.0. The number of carbonyl (C=O) groups excluding carboxylic acids is 1. The lowest BCUT2D eigenvalue weighted by atomic mass is 9.69. The third-order valence-corrected chi connectivity index (χ3v) is 6.15. The number of phenols is 2. The zero-order valence-electron chi connectivity index (χ0n) is 16.5. The summed E-state index contributed by atoms with van der Waals surface area (Å²) >= 11 is 0. The van der Waals surface area contributed by atoms with Crippen LogP contribution in [0.25, 0.3) is 0 Å². The van der Waals surface area contributed by atoms with Crippen LogP contribution >= 0.6 is 0 Å². The first kappa shape index (κ1) is 19.1. The Kier molecular flexibility index (Phi) is 5.01. The van der Waals surface area contributed by atoms with Gasteiger partial charge in [-0.25, -0.2) is 0 Å². The Morgan fingerprint density at radius 3 is 1.97 bits per heavy atom. The average molecular weight is 387 g/mol. The Bertz CT molecular complexity index is 998. The van der Waals surface area contributed by atoms with E-state index in [1.54, 1.807) is 24.3 Å². The van der Waals surface area contributed by atoms with Gasteiger partial charge in [-0.05, 0) is 36.6 Å². The van der Waals surface area contributed by atoms with Crippen LogP contribution in [0.15, 0.2) is 72.8 Å². The van der Waals surface area contributed by atoms with Crippen molar-refractivity contribution >= 4 is 5.91 Å². The molecule has 0 unspecified atom stereocenters. The van der Waals surface area contributed by atoms with E-state index in [2.05, 4.69) is 6.92 Å². The molecule has 4 heteroatoms. The molecule has 1 aliphatic rings. The normalized spacial score (nSPS) is 13.6. The second-order valence-corrected chi connectivity index (χ2v) is 7.60. The second kappa shape index (κ2) is 7.63. The van der Waals surface area contributed by atoms with Crippen molar-refractivity contribution in [2.24, 2.45) is 0 Å². The van der Waals surface area contributed by atoms with Crippen LogP contribution in [0.4, 0.5) is 0 Å². The predicted molar refractivity (Wildman–Crippen MR) is 113 cm³/mol. The number of phenolic OH excluding ortho intramolecular Hbond substituents is 2. The Hall–Kier alpha value is -3.27. The van der Waals surface area contributed by atoms with Gasteiger partial charge >= 0.3 is 0 Å².